The summed E-state index contributed by atoms with van der Waals surface area (Å²) in [5.41, 5.74) is -0.913. The minimum atomic E-state index is -4.47. The van der Waals surface area contributed by atoms with E-state index in [0.29, 0.717) is 0 Å². The number of anilines is 3. The first-order valence-electron chi connectivity index (χ1n) is 15.4. The second-order valence-corrected chi connectivity index (χ2v) is 13.5. The molecule has 2 unspecified atom stereocenters. The summed E-state index contributed by atoms with van der Waals surface area (Å²) in [5.74, 6) is -1.71. The number of urea groups is 1. The molecule has 48 heavy (non-hydrogen) atoms. The molecule has 2 aromatic heterocycles. The number of hydrogen-bond acceptors (Lipinski definition) is 7. The fourth-order valence-electron chi connectivity index (χ4n) is 6.94. The van der Waals surface area contributed by atoms with Gasteiger partial charge in [-0.15, -0.1) is 0 Å². The first-order valence-corrected chi connectivity index (χ1v) is 16.2. The molecule has 1 saturated heterocycles. The van der Waals surface area contributed by atoms with Crippen molar-refractivity contribution in [1.82, 2.24) is 15.3 Å². The zero-order valence-corrected chi connectivity index (χ0v) is 28.1. The van der Waals surface area contributed by atoms with Gasteiger partial charge < -0.3 is 15.1 Å². The summed E-state index contributed by atoms with van der Waals surface area (Å²) in [6.45, 7) is 3.86. The van der Waals surface area contributed by atoms with E-state index < -0.39 is 34.8 Å². The number of hydrogen-bond donors (Lipinski definition) is 1. The van der Waals surface area contributed by atoms with Gasteiger partial charge in [0.2, 0.25) is 0 Å². The number of rotatable bonds is 8. The zero-order valence-electron chi connectivity index (χ0n) is 27.3. The van der Waals surface area contributed by atoms with Gasteiger partial charge in [0.05, 0.1) is 16.7 Å². The number of carbonyl (C=O) groups excluding carboxylic acids is 2. The van der Waals surface area contributed by atoms with Gasteiger partial charge in [-0.05, 0) is 83.6 Å². The Morgan fingerprint density at radius 3 is 1.67 bits per heavy atom. The number of fused-ring (bicyclic) bond motifs is 2. The number of aromatic nitrogens is 2. The van der Waals surface area contributed by atoms with Crippen molar-refractivity contribution >= 4 is 62.6 Å². The van der Waals surface area contributed by atoms with Crippen LogP contribution in [0.2, 0.25) is 0 Å². The van der Waals surface area contributed by atoms with Gasteiger partial charge in [0.1, 0.15) is 5.54 Å². The Kier molecular flexibility index (Phi) is 8.49. The molecule has 1 N–H and O–H groups in total. The van der Waals surface area contributed by atoms with E-state index in [0.717, 1.165) is 49.2 Å². The maximum atomic E-state index is 15.1. The Balaban J connectivity index is 1.58. The van der Waals surface area contributed by atoms with Crippen LogP contribution in [0.15, 0.2) is 90.1 Å². The molecule has 5 aromatic rings. The molecule has 1 fully saturated rings. The molecule has 1 aliphatic heterocycles. The molecular weight excluding hydrogens is 637 g/mol. The van der Waals surface area contributed by atoms with E-state index in [2.05, 4.69) is 15.3 Å². The molecule has 8 nitrogen and oxygen atoms in total. The third kappa shape index (κ3) is 5.57. The predicted molar refractivity (Wildman–Crippen MR) is 186 cm³/mol. The van der Waals surface area contributed by atoms with Crippen molar-refractivity contribution in [3.05, 3.63) is 96.3 Å². The third-order valence-corrected chi connectivity index (χ3v) is 9.96. The molecule has 1 aliphatic rings. The predicted octanol–water partition coefficient (Wildman–Crippen LogP) is 7.93. The largest absolute Gasteiger partial charge is 0.446 e. The lowest BCUT2D eigenvalue weighted by Gasteiger charge is -2.40. The van der Waals surface area contributed by atoms with Crippen LogP contribution in [0.5, 0.6) is 0 Å². The highest BCUT2D eigenvalue weighted by molar-refractivity contribution is 8.00. The van der Waals surface area contributed by atoms with E-state index in [1.807, 2.05) is 100 Å². The van der Waals surface area contributed by atoms with Crippen molar-refractivity contribution in [2.24, 2.45) is 0 Å². The number of benzene rings is 3. The van der Waals surface area contributed by atoms with E-state index in [9.17, 15) is 18.0 Å². The summed E-state index contributed by atoms with van der Waals surface area (Å²) in [6.07, 6.45) is 3.40. The fourth-order valence-corrected chi connectivity index (χ4v) is 7.48. The maximum absolute atomic E-state index is 15.1. The van der Waals surface area contributed by atoms with Crippen LogP contribution in [0.25, 0.3) is 21.8 Å². The lowest BCUT2D eigenvalue weighted by molar-refractivity contribution is -0.123. The second kappa shape index (κ2) is 12.3. The molecule has 248 valence electrons. The normalized spacial score (nSPS) is 17.9. The van der Waals surface area contributed by atoms with Gasteiger partial charge in [-0.25, -0.2) is 9.69 Å². The average Bonchev–Trinajstić information content (AvgIpc) is 3.32. The number of nitrogens with one attached hydrogen (secondary N) is 1. The smallest absolute Gasteiger partial charge is 0.377 e. The highest BCUT2D eigenvalue weighted by atomic mass is 32.2. The number of pyridine rings is 2. The van der Waals surface area contributed by atoms with E-state index in [-0.39, 0.29) is 22.3 Å². The molecule has 0 radical (unpaired) electrons. The minimum Gasteiger partial charge on any atom is -0.377 e. The number of alkyl halides is 3. The fraction of sp³-hybridized carbons (Fsp3) is 0.278. The zero-order chi connectivity index (χ0) is 34.5. The highest BCUT2D eigenvalue weighted by Gasteiger charge is 2.59. The van der Waals surface area contributed by atoms with Gasteiger partial charge in [-0.1, -0.05) is 26.0 Å². The van der Waals surface area contributed by atoms with E-state index in [1.54, 1.807) is 12.4 Å². The highest BCUT2D eigenvalue weighted by Crippen LogP contribution is 2.49. The van der Waals surface area contributed by atoms with Crippen molar-refractivity contribution in [3.8, 4) is 0 Å². The SMILES string of the molecule is CC(c1ccnc2cccc(N(C)C)c12)C1(C(C)c2ccnc3cccc(N(C)C)c23)NC(=O)N(c2ccc(SC(F)(F)F)cc2)C1=O. The first kappa shape index (κ1) is 33.1. The van der Waals surface area contributed by atoms with Crippen LogP contribution in [-0.4, -0.2) is 61.1 Å². The van der Waals surface area contributed by atoms with Crippen molar-refractivity contribution < 1.29 is 22.8 Å². The molecular formula is C36H35F3N6O2S. The molecule has 3 amide bonds. The van der Waals surface area contributed by atoms with Crippen LogP contribution in [0, 0.1) is 0 Å². The molecule has 12 heteroatoms. The maximum Gasteiger partial charge on any atom is 0.446 e. The summed E-state index contributed by atoms with van der Waals surface area (Å²) in [5, 5.41) is 4.83. The number of nitrogens with zero attached hydrogens (tertiary/aromatic N) is 5. The lowest BCUT2D eigenvalue weighted by Crippen LogP contribution is -2.55. The van der Waals surface area contributed by atoms with Gasteiger partial charge in [0.15, 0.2) is 0 Å². The van der Waals surface area contributed by atoms with Crippen LogP contribution in [0.3, 0.4) is 0 Å². The van der Waals surface area contributed by atoms with Crippen molar-refractivity contribution in [2.45, 2.75) is 41.6 Å². The Morgan fingerprint density at radius 1 is 0.750 bits per heavy atom. The molecule has 0 aliphatic carbocycles. The van der Waals surface area contributed by atoms with Crippen LogP contribution >= 0.6 is 11.8 Å². The standard InChI is InChI=1S/C36H35F3N6O2S/c1-21(25-17-19-40-27-9-7-11-29(31(25)27)43(3)4)35(22(2)26-18-20-41-28-10-8-12-30(32(26)28)44(5)6)33(46)45(34(47)42-35)23-13-15-24(16-14-23)48-36(37,38)39/h7-22H,1-6H3,(H,42,47). The van der Waals surface area contributed by atoms with Crippen LogP contribution in [0.1, 0.15) is 36.8 Å². The summed E-state index contributed by atoms with van der Waals surface area (Å²) in [4.78, 5) is 43.3. The molecule has 2 atom stereocenters. The third-order valence-electron chi connectivity index (χ3n) is 9.22. The van der Waals surface area contributed by atoms with E-state index in [1.165, 1.54) is 24.3 Å². The molecule has 3 heterocycles. The monoisotopic (exact) mass is 672 g/mol. The van der Waals surface area contributed by atoms with Gasteiger partial charge in [-0.3, -0.25) is 14.8 Å². The number of thioether (sulfide) groups is 1. The van der Waals surface area contributed by atoms with Gasteiger partial charge in [0, 0.05) is 79.5 Å². The summed E-state index contributed by atoms with van der Waals surface area (Å²) in [6, 6.07) is 20.0. The lowest BCUT2D eigenvalue weighted by atomic mass is 9.68. The number of carbonyl (C=O) groups is 2. The topological polar surface area (TPSA) is 81.7 Å². The summed E-state index contributed by atoms with van der Waals surface area (Å²) >= 11 is -0.257. The van der Waals surface area contributed by atoms with Crippen LogP contribution in [0.4, 0.5) is 35.0 Å². The summed E-state index contributed by atoms with van der Waals surface area (Å²) < 4.78 is 39.2. The quantitative estimate of drug-likeness (QED) is 0.132. The Labute approximate surface area is 280 Å². The van der Waals surface area contributed by atoms with E-state index >= 15 is 4.79 Å². The van der Waals surface area contributed by atoms with Gasteiger partial charge >= 0.3 is 11.5 Å². The van der Waals surface area contributed by atoms with Crippen LogP contribution < -0.4 is 20.0 Å². The van der Waals surface area contributed by atoms with Crippen LogP contribution in [-0.2, 0) is 4.79 Å². The molecule has 3 aromatic carbocycles. The van der Waals surface area contributed by atoms with Gasteiger partial charge in [-0.2, -0.15) is 13.2 Å². The van der Waals surface area contributed by atoms with E-state index in [4.69, 9.17) is 0 Å². The van der Waals surface area contributed by atoms with Crippen molar-refractivity contribution in [2.75, 3.05) is 42.9 Å². The molecule has 6 rings (SSSR count). The minimum absolute atomic E-state index is 0.0507. The number of halogens is 3. The van der Waals surface area contributed by atoms with Gasteiger partial charge in [0.25, 0.3) is 5.91 Å². The Hall–Kier alpha value is -4.84. The van der Waals surface area contributed by atoms with Crippen molar-refractivity contribution in [3.63, 3.8) is 0 Å². The first-order chi connectivity index (χ1) is 22.7. The Morgan fingerprint density at radius 2 is 1.23 bits per heavy atom. The summed E-state index contributed by atoms with van der Waals surface area (Å²) in [7, 11) is 7.74. The average molecular weight is 673 g/mol. The number of imide groups is 1. The molecule has 0 bridgehead atoms. The van der Waals surface area contributed by atoms with Crippen molar-refractivity contribution in [1.29, 1.82) is 0 Å². The second-order valence-electron chi connectivity index (χ2n) is 12.4. The molecule has 0 spiro atoms. The molecule has 0 saturated carbocycles. The number of amides is 3. The Bertz CT molecular complexity index is 1930.